The van der Waals surface area contributed by atoms with Gasteiger partial charge in [0.1, 0.15) is 0 Å². The van der Waals surface area contributed by atoms with Crippen molar-refractivity contribution in [1.29, 1.82) is 0 Å². The van der Waals surface area contributed by atoms with Crippen LogP contribution in [0.2, 0.25) is 5.02 Å². The maximum atomic E-state index is 6.13. The van der Waals surface area contributed by atoms with Crippen LogP contribution in [0.15, 0.2) is 22.7 Å². The quantitative estimate of drug-likeness (QED) is 0.892. The van der Waals surface area contributed by atoms with Gasteiger partial charge in [-0.25, -0.2) is 0 Å². The van der Waals surface area contributed by atoms with Crippen LogP contribution in [0, 0.1) is 0 Å². The summed E-state index contributed by atoms with van der Waals surface area (Å²) >= 11 is 6.13. The van der Waals surface area contributed by atoms with Crippen molar-refractivity contribution in [2.75, 3.05) is 12.4 Å². The van der Waals surface area contributed by atoms with Gasteiger partial charge >= 0.3 is 0 Å². The summed E-state index contributed by atoms with van der Waals surface area (Å²) in [4.78, 5) is 4.23. The fraction of sp³-hybridized carbons (Fsp3) is 0.273. The van der Waals surface area contributed by atoms with E-state index in [2.05, 4.69) is 15.5 Å². The number of halogens is 1. The highest BCUT2D eigenvalue weighted by atomic mass is 35.5. The van der Waals surface area contributed by atoms with Gasteiger partial charge in [0.05, 0.1) is 10.6 Å². The highest BCUT2D eigenvalue weighted by Gasteiger charge is 2.11. The molecule has 0 unspecified atom stereocenters. The van der Waals surface area contributed by atoms with Crippen molar-refractivity contribution in [3.8, 4) is 11.5 Å². The van der Waals surface area contributed by atoms with Gasteiger partial charge in [0, 0.05) is 19.2 Å². The minimum atomic E-state index is 0.463. The SMILES string of the molecule is CCc1noc(-c2ccc(NC)cc2Cl)n1. The second kappa shape index (κ2) is 4.53. The summed E-state index contributed by atoms with van der Waals surface area (Å²) in [7, 11) is 1.84. The van der Waals surface area contributed by atoms with Gasteiger partial charge in [-0.3, -0.25) is 0 Å². The molecule has 2 rings (SSSR count). The molecular formula is C11H12ClN3O. The minimum Gasteiger partial charge on any atom is -0.388 e. The molecule has 4 nitrogen and oxygen atoms in total. The molecule has 1 aromatic heterocycles. The maximum Gasteiger partial charge on any atom is 0.259 e. The molecule has 1 heterocycles. The number of hydrogen-bond acceptors (Lipinski definition) is 4. The number of hydrogen-bond donors (Lipinski definition) is 1. The number of benzene rings is 1. The predicted molar refractivity (Wildman–Crippen MR) is 63.7 cm³/mol. The molecule has 0 aliphatic carbocycles. The van der Waals surface area contributed by atoms with Crippen molar-refractivity contribution in [1.82, 2.24) is 10.1 Å². The molecule has 0 saturated heterocycles. The third kappa shape index (κ3) is 2.02. The standard InChI is InChI=1S/C11H12ClN3O/c1-3-10-14-11(16-15-10)8-5-4-7(13-2)6-9(8)12/h4-6,13H,3H2,1-2H3. The lowest BCUT2D eigenvalue weighted by molar-refractivity contribution is 0.423. The van der Waals surface area contributed by atoms with Crippen LogP contribution in [0.5, 0.6) is 0 Å². The van der Waals surface area contributed by atoms with E-state index < -0.39 is 0 Å². The van der Waals surface area contributed by atoms with Crippen molar-refractivity contribution in [2.45, 2.75) is 13.3 Å². The van der Waals surface area contributed by atoms with Crippen LogP contribution >= 0.6 is 11.6 Å². The predicted octanol–water partition coefficient (Wildman–Crippen LogP) is 2.99. The Kier molecular flexibility index (Phi) is 3.10. The first-order valence-corrected chi connectivity index (χ1v) is 5.42. The summed E-state index contributed by atoms with van der Waals surface area (Å²) in [6, 6.07) is 5.60. The number of aryl methyl sites for hydroxylation is 1. The molecule has 0 amide bonds. The second-order valence-electron chi connectivity index (χ2n) is 3.31. The zero-order valence-electron chi connectivity index (χ0n) is 9.12. The lowest BCUT2D eigenvalue weighted by atomic mass is 10.2. The van der Waals surface area contributed by atoms with E-state index in [0.29, 0.717) is 16.7 Å². The first kappa shape index (κ1) is 11.0. The third-order valence-corrected chi connectivity index (χ3v) is 2.59. The average Bonchev–Trinajstić information content (AvgIpc) is 2.77. The largest absolute Gasteiger partial charge is 0.388 e. The van der Waals surface area contributed by atoms with Gasteiger partial charge in [-0.1, -0.05) is 23.7 Å². The Balaban J connectivity index is 2.40. The van der Waals surface area contributed by atoms with Gasteiger partial charge in [-0.15, -0.1) is 0 Å². The molecule has 0 fully saturated rings. The summed E-state index contributed by atoms with van der Waals surface area (Å²) in [5, 5.41) is 7.44. The zero-order valence-corrected chi connectivity index (χ0v) is 9.88. The van der Waals surface area contributed by atoms with Crippen molar-refractivity contribution in [3.63, 3.8) is 0 Å². The number of nitrogens with one attached hydrogen (secondary N) is 1. The smallest absolute Gasteiger partial charge is 0.259 e. The lowest BCUT2D eigenvalue weighted by Gasteiger charge is -2.02. The fourth-order valence-electron chi connectivity index (χ4n) is 1.35. The van der Waals surface area contributed by atoms with Gasteiger partial charge < -0.3 is 9.84 Å². The van der Waals surface area contributed by atoms with E-state index >= 15 is 0 Å². The molecule has 2 aromatic rings. The zero-order chi connectivity index (χ0) is 11.5. The van der Waals surface area contributed by atoms with E-state index in [1.54, 1.807) is 0 Å². The molecule has 1 aromatic carbocycles. The Morgan fingerprint density at radius 1 is 1.44 bits per heavy atom. The van der Waals surface area contributed by atoms with Crippen LogP contribution in [0.1, 0.15) is 12.7 Å². The summed E-state index contributed by atoms with van der Waals surface area (Å²) in [5.41, 5.74) is 1.71. The molecular weight excluding hydrogens is 226 g/mol. The number of rotatable bonds is 3. The second-order valence-corrected chi connectivity index (χ2v) is 3.72. The van der Waals surface area contributed by atoms with E-state index in [1.807, 2.05) is 32.2 Å². The molecule has 0 saturated carbocycles. The van der Waals surface area contributed by atoms with Crippen LogP contribution in [0.25, 0.3) is 11.5 Å². The van der Waals surface area contributed by atoms with Crippen molar-refractivity contribution >= 4 is 17.3 Å². The minimum absolute atomic E-state index is 0.463. The van der Waals surface area contributed by atoms with Crippen LogP contribution in [-0.4, -0.2) is 17.2 Å². The van der Waals surface area contributed by atoms with Crippen molar-refractivity contribution < 1.29 is 4.52 Å². The summed E-state index contributed by atoms with van der Waals surface area (Å²) in [6.45, 7) is 1.97. The van der Waals surface area contributed by atoms with Crippen molar-refractivity contribution in [2.24, 2.45) is 0 Å². The van der Waals surface area contributed by atoms with Crippen molar-refractivity contribution in [3.05, 3.63) is 29.0 Å². The first-order chi connectivity index (χ1) is 7.74. The maximum absolute atomic E-state index is 6.13. The molecule has 0 aliphatic heterocycles. The van der Waals surface area contributed by atoms with E-state index in [9.17, 15) is 0 Å². The Labute approximate surface area is 98.6 Å². The average molecular weight is 238 g/mol. The van der Waals surface area contributed by atoms with Crippen LogP contribution < -0.4 is 5.32 Å². The Bertz CT molecular complexity index is 496. The first-order valence-electron chi connectivity index (χ1n) is 5.05. The third-order valence-electron chi connectivity index (χ3n) is 2.27. The van der Waals surface area contributed by atoms with Crippen LogP contribution in [-0.2, 0) is 6.42 Å². The molecule has 5 heteroatoms. The van der Waals surface area contributed by atoms with E-state index in [-0.39, 0.29) is 0 Å². The molecule has 0 bridgehead atoms. The molecule has 0 aliphatic rings. The molecule has 1 N–H and O–H groups in total. The highest BCUT2D eigenvalue weighted by molar-refractivity contribution is 6.33. The topological polar surface area (TPSA) is 51.0 Å². The van der Waals surface area contributed by atoms with Crippen LogP contribution in [0.4, 0.5) is 5.69 Å². The number of anilines is 1. The number of aromatic nitrogens is 2. The van der Waals surface area contributed by atoms with E-state index in [4.69, 9.17) is 16.1 Å². The molecule has 0 atom stereocenters. The Morgan fingerprint density at radius 2 is 2.25 bits per heavy atom. The summed E-state index contributed by atoms with van der Waals surface area (Å²) in [6.07, 6.45) is 0.746. The molecule has 84 valence electrons. The van der Waals surface area contributed by atoms with Gasteiger partial charge in [0.25, 0.3) is 5.89 Å². The Hall–Kier alpha value is -1.55. The number of nitrogens with zero attached hydrogens (tertiary/aromatic N) is 2. The van der Waals surface area contributed by atoms with Gasteiger partial charge in [-0.2, -0.15) is 4.98 Å². The molecule has 0 spiro atoms. The Morgan fingerprint density at radius 3 is 2.81 bits per heavy atom. The van der Waals surface area contributed by atoms with Gasteiger partial charge in [-0.05, 0) is 18.2 Å². The van der Waals surface area contributed by atoms with Gasteiger partial charge in [0.2, 0.25) is 0 Å². The van der Waals surface area contributed by atoms with Crippen LogP contribution in [0.3, 0.4) is 0 Å². The molecule has 16 heavy (non-hydrogen) atoms. The van der Waals surface area contributed by atoms with E-state index in [0.717, 1.165) is 17.7 Å². The van der Waals surface area contributed by atoms with Gasteiger partial charge in [0.15, 0.2) is 5.82 Å². The highest BCUT2D eigenvalue weighted by Crippen LogP contribution is 2.29. The monoisotopic (exact) mass is 237 g/mol. The molecule has 0 radical (unpaired) electrons. The van der Waals surface area contributed by atoms with E-state index in [1.165, 1.54) is 0 Å². The lowest BCUT2D eigenvalue weighted by Crippen LogP contribution is -1.88. The summed E-state index contributed by atoms with van der Waals surface area (Å²) in [5.74, 6) is 1.15. The normalized spacial score (nSPS) is 10.4. The fourth-order valence-corrected chi connectivity index (χ4v) is 1.61. The summed E-state index contributed by atoms with van der Waals surface area (Å²) < 4.78 is 5.13.